The van der Waals surface area contributed by atoms with Crippen molar-refractivity contribution in [3.05, 3.63) is 92.6 Å². The van der Waals surface area contributed by atoms with E-state index >= 15 is 0 Å². The lowest BCUT2D eigenvalue weighted by molar-refractivity contribution is -0.136. The molecular formula is C34H33Cl2N7O5. The Bertz CT molecular complexity index is 2090. The van der Waals surface area contributed by atoms with Crippen LogP contribution in [-0.4, -0.2) is 62.4 Å². The van der Waals surface area contributed by atoms with Crippen molar-refractivity contribution in [2.75, 3.05) is 20.2 Å². The van der Waals surface area contributed by atoms with Crippen LogP contribution in [0.4, 0.5) is 0 Å². The minimum atomic E-state index is -1.00. The summed E-state index contributed by atoms with van der Waals surface area (Å²) >= 11 is 14.1. The van der Waals surface area contributed by atoms with Gasteiger partial charge in [0.1, 0.15) is 11.3 Å². The third-order valence-corrected chi connectivity index (χ3v) is 9.11. The van der Waals surface area contributed by atoms with Gasteiger partial charge in [0.05, 0.1) is 35.9 Å². The summed E-state index contributed by atoms with van der Waals surface area (Å²) in [5.41, 5.74) is 5.04. The van der Waals surface area contributed by atoms with Gasteiger partial charge < -0.3 is 20.5 Å². The molecular weight excluding hydrogens is 657 g/mol. The number of nitrogens with zero attached hydrogens (tertiary/aromatic N) is 4. The number of carboxylic acids is 1. The smallest absolute Gasteiger partial charge is 0.317 e. The molecule has 12 nitrogen and oxygen atoms in total. The van der Waals surface area contributed by atoms with Crippen LogP contribution in [0.15, 0.2) is 65.6 Å². The van der Waals surface area contributed by atoms with Crippen molar-refractivity contribution in [1.82, 2.24) is 35.1 Å². The van der Waals surface area contributed by atoms with Gasteiger partial charge in [0.25, 0.3) is 5.56 Å². The van der Waals surface area contributed by atoms with Crippen molar-refractivity contribution in [2.45, 2.75) is 32.0 Å². The van der Waals surface area contributed by atoms with Gasteiger partial charge in [0.2, 0.25) is 11.8 Å². The van der Waals surface area contributed by atoms with Crippen LogP contribution in [0.5, 0.6) is 5.88 Å². The molecule has 1 fully saturated rings. The minimum absolute atomic E-state index is 0.0832. The normalized spacial score (nSPS) is 14.4. The van der Waals surface area contributed by atoms with E-state index in [2.05, 4.69) is 21.0 Å². The largest absolute Gasteiger partial charge is 0.481 e. The highest BCUT2D eigenvalue weighted by Crippen LogP contribution is 2.42. The Kier molecular flexibility index (Phi) is 9.78. The van der Waals surface area contributed by atoms with E-state index in [1.165, 1.54) is 9.08 Å². The van der Waals surface area contributed by atoms with Crippen LogP contribution in [0, 0.1) is 0 Å². The molecule has 2 aromatic carbocycles. The quantitative estimate of drug-likeness (QED) is 0.150. The molecule has 0 saturated carbocycles. The topological polar surface area (TPSA) is 152 Å². The first-order valence-electron chi connectivity index (χ1n) is 15.3. The predicted molar refractivity (Wildman–Crippen MR) is 183 cm³/mol. The second-order valence-corrected chi connectivity index (χ2v) is 12.2. The van der Waals surface area contributed by atoms with Crippen molar-refractivity contribution < 1.29 is 19.4 Å². The van der Waals surface area contributed by atoms with Crippen molar-refractivity contribution in [2.24, 2.45) is 7.05 Å². The highest BCUT2D eigenvalue weighted by Gasteiger charge is 2.21. The van der Waals surface area contributed by atoms with Gasteiger partial charge in [-0.3, -0.25) is 24.3 Å². The highest BCUT2D eigenvalue weighted by molar-refractivity contribution is 6.39. The summed E-state index contributed by atoms with van der Waals surface area (Å²) in [4.78, 5) is 40.3. The lowest BCUT2D eigenvalue weighted by atomic mass is 9.97. The SMILES string of the molecule is COc1nc(-c2cccc(-c3cccc(-c4cc5c(=O)n(C)c(CNCC(=O)O)nn5c4)c3Cl)c2Cl)ccc1CNC[C@@H]1CCC(=O)N1. The fraction of sp³-hybridized carbons (Fsp3) is 0.265. The summed E-state index contributed by atoms with van der Waals surface area (Å²) in [6, 6.07) is 17.0. The second-order valence-electron chi connectivity index (χ2n) is 11.5. The average Bonchev–Trinajstić information content (AvgIpc) is 3.69. The van der Waals surface area contributed by atoms with Gasteiger partial charge in [-0.15, -0.1) is 0 Å². The van der Waals surface area contributed by atoms with Gasteiger partial charge in [-0.05, 0) is 18.6 Å². The number of carboxylic acid groups (broad SMARTS) is 1. The molecule has 0 spiro atoms. The molecule has 0 unspecified atom stereocenters. The van der Waals surface area contributed by atoms with Gasteiger partial charge in [-0.1, -0.05) is 65.7 Å². The molecule has 1 aliphatic heterocycles. The first-order valence-corrected chi connectivity index (χ1v) is 16.0. The molecule has 1 amide bonds. The van der Waals surface area contributed by atoms with E-state index in [0.29, 0.717) is 80.3 Å². The predicted octanol–water partition coefficient (Wildman–Crippen LogP) is 4.29. The van der Waals surface area contributed by atoms with Crippen LogP contribution < -0.4 is 26.2 Å². The Balaban J connectivity index is 1.28. The van der Waals surface area contributed by atoms with E-state index in [4.69, 9.17) is 38.0 Å². The fourth-order valence-electron chi connectivity index (χ4n) is 5.80. The number of carbonyl (C=O) groups is 2. The van der Waals surface area contributed by atoms with Crippen molar-refractivity contribution in [1.29, 1.82) is 0 Å². The van der Waals surface area contributed by atoms with E-state index in [9.17, 15) is 14.4 Å². The summed E-state index contributed by atoms with van der Waals surface area (Å²) in [6.45, 7) is 1.03. The zero-order chi connectivity index (χ0) is 33.9. The summed E-state index contributed by atoms with van der Waals surface area (Å²) in [6.07, 6.45) is 3.09. The molecule has 4 N–H and O–H groups in total. The average molecular weight is 691 g/mol. The zero-order valence-corrected chi connectivity index (χ0v) is 27.7. The maximum atomic E-state index is 13.1. The van der Waals surface area contributed by atoms with Crippen molar-refractivity contribution >= 4 is 40.6 Å². The number of hydrogen-bond donors (Lipinski definition) is 4. The van der Waals surface area contributed by atoms with Crippen molar-refractivity contribution in [3.8, 4) is 39.4 Å². The summed E-state index contributed by atoms with van der Waals surface area (Å²) < 4.78 is 8.49. The van der Waals surface area contributed by atoms with Crippen molar-refractivity contribution in [3.63, 3.8) is 0 Å². The Labute approximate surface area is 285 Å². The number of amides is 1. The Hall–Kier alpha value is -4.75. The maximum Gasteiger partial charge on any atom is 0.317 e. The van der Waals surface area contributed by atoms with E-state index in [0.717, 1.165) is 12.0 Å². The van der Waals surface area contributed by atoms with E-state index in [-0.39, 0.29) is 30.6 Å². The number of fused-ring (bicyclic) bond motifs is 1. The van der Waals surface area contributed by atoms with Crippen LogP contribution in [0.25, 0.3) is 39.0 Å². The van der Waals surface area contributed by atoms with Crippen LogP contribution in [0.2, 0.25) is 10.0 Å². The van der Waals surface area contributed by atoms with Crippen LogP contribution in [0.1, 0.15) is 24.2 Å². The number of nitrogens with one attached hydrogen (secondary N) is 3. The monoisotopic (exact) mass is 689 g/mol. The number of methoxy groups -OCH3 is 1. The molecule has 0 aliphatic carbocycles. The minimum Gasteiger partial charge on any atom is -0.481 e. The number of aliphatic carboxylic acids is 1. The molecule has 0 radical (unpaired) electrons. The highest BCUT2D eigenvalue weighted by atomic mass is 35.5. The molecule has 248 valence electrons. The maximum absolute atomic E-state index is 13.1. The fourth-order valence-corrected chi connectivity index (χ4v) is 6.46. The molecule has 14 heteroatoms. The first-order chi connectivity index (χ1) is 23.1. The van der Waals surface area contributed by atoms with E-state index < -0.39 is 5.97 Å². The number of carbonyl (C=O) groups excluding carboxylic acids is 1. The Morgan fingerprint density at radius 3 is 2.42 bits per heavy atom. The molecule has 0 bridgehead atoms. The number of ether oxygens (including phenoxy) is 1. The Morgan fingerprint density at radius 1 is 1.02 bits per heavy atom. The van der Waals surface area contributed by atoms with E-state index in [1.807, 2.05) is 48.5 Å². The van der Waals surface area contributed by atoms with Crippen LogP contribution >= 0.6 is 23.2 Å². The second kappa shape index (κ2) is 14.2. The van der Waals surface area contributed by atoms with Gasteiger partial charge >= 0.3 is 5.97 Å². The van der Waals surface area contributed by atoms with Gasteiger partial charge in [0.15, 0.2) is 0 Å². The lowest BCUT2D eigenvalue weighted by Crippen LogP contribution is -2.35. The third-order valence-electron chi connectivity index (χ3n) is 8.29. The number of benzene rings is 2. The number of pyridine rings is 1. The molecule has 1 aliphatic rings. The summed E-state index contributed by atoms with van der Waals surface area (Å²) in [5.74, 6) is -0.0683. The molecule has 6 rings (SSSR count). The molecule has 48 heavy (non-hydrogen) atoms. The Morgan fingerprint density at radius 2 is 1.73 bits per heavy atom. The summed E-state index contributed by atoms with van der Waals surface area (Å²) in [7, 11) is 3.17. The number of hydrogen-bond acceptors (Lipinski definition) is 8. The third kappa shape index (κ3) is 6.78. The zero-order valence-electron chi connectivity index (χ0n) is 26.2. The van der Waals surface area contributed by atoms with Gasteiger partial charge in [-0.25, -0.2) is 9.50 Å². The number of halogens is 2. The molecule has 4 heterocycles. The number of rotatable bonds is 12. The summed E-state index contributed by atoms with van der Waals surface area (Å²) in [5, 5.41) is 23.5. The van der Waals surface area contributed by atoms with Gasteiger partial charge in [-0.2, -0.15) is 5.10 Å². The standard InChI is InChI=1S/C34H33Cl2N7O5/c1-42-28(16-38-17-30(45)46)41-43-18-20(13-27(43)34(42)47)22-5-3-6-23(31(22)35)24-7-4-8-25(32(24)36)26-11-9-19(33(40-26)48-2)14-37-15-21-10-12-29(44)39-21/h3-9,11,13,18,21,37-38H,10,12,14-17H2,1-2H3,(H,39,44)(H,45,46)/t21-/m0/s1. The van der Waals surface area contributed by atoms with Crippen LogP contribution in [-0.2, 0) is 29.7 Å². The van der Waals surface area contributed by atoms with E-state index in [1.54, 1.807) is 26.4 Å². The molecule has 5 aromatic rings. The van der Waals surface area contributed by atoms with Crippen LogP contribution in [0.3, 0.4) is 0 Å². The lowest BCUT2D eigenvalue weighted by Gasteiger charge is -2.15. The molecule has 1 atom stereocenters. The molecule has 3 aromatic heterocycles. The van der Waals surface area contributed by atoms with Gasteiger partial charge in [0, 0.05) is 72.2 Å². The first kappa shape index (κ1) is 33.2. The molecule has 1 saturated heterocycles. The number of aromatic nitrogens is 4.